The molecule has 3 nitrogen and oxygen atoms in total. The Morgan fingerprint density at radius 3 is 2.80 bits per heavy atom. The van der Waals surface area contributed by atoms with E-state index in [9.17, 15) is 4.79 Å². The molecule has 0 saturated heterocycles. The van der Waals surface area contributed by atoms with Crippen molar-refractivity contribution in [3.8, 4) is 0 Å². The average molecular weight is 295 g/mol. The van der Waals surface area contributed by atoms with E-state index in [2.05, 4.69) is 19.2 Å². The molecular formula is C16H23ClN2O. The molecule has 4 heteroatoms. The van der Waals surface area contributed by atoms with Crippen LogP contribution in [0.15, 0.2) is 18.2 Å². The van der Waals surface area contributed by atoms with Gasteiger partial charge in [-0.05, 0) is 42.9 Å². The molecule has 0 heterocycles. The Hall–Kier alpha value is -1.22. The third-order valence-electron chi connectivity index (χ3n) is 4.26. The maximum Gasteiger partial charge on any atom is 0.250 e. The second-order valence-electron chi connectivity index (χ2n) is 6.07. The molecule has 1 aliphatic carbocycles. The van der Waals surface area contributed by atoms with E-state index in [1.54, 1.807) is 12.1 Å². The SMILES string of the molecule is CC(C)C1CCCC(Nc2ccc(Cl)c(C(N)=O)c2)C1. The van der Waals surface area contributed by atoms with E-state index in [0.29, 0.717) is 16.6 Å². The zero-order chi connectivity index (χ0) is 14.7. The van der Waals surface area contributed by atoms with Crippen LogP contribution in [0.1, 0.15) is 49.9 Å². The molecule has 1 aliphatic rings. The first-order valence-corrected chi connectivity index (χ1v) is 7.71. The summed E-state index contributed by atoms with van der Waals surface area (Å²) in [5.41, 5.74) is 6.64. The van der Waals surface area contributed by atoms with E-state index in [4.69, 9.17) is 17.3 Å². The van der Waals surface area contributed by atoms with Crippen molar-refractivity contribution in [2.45, 2.75) is 45.6 Å². The van der Waals surface area contributed by atoms with E-state index in [0.717, 1.165) is 17.5 Å². The standard InChI is InChI=1S/C16H23ClN2O/c1-10(2)11-4-3-5-12(8-11)19-13-6-7-15(17)14(9-13)16(18)20/h6-7,9-12,19H,3-5,8H2,1-2H3,(H2,18,20). The molecule has 0 radical (unpaired) electrons. The van der Waals surface area contributed by atoms with E-state index >= 15 is 0 Å². The Bertz CT molecular complexity index is 487. The third kappa shape index (κ3) is 3.66. The van der Waals surface area contributed by atoms with Crippen LogP contribution in [0.5, 0.6) is 0 Å². The summed E-state index contributed by atoms with van der Waals surface area (Å²) in [7, 11) is 0. The number of nitrogens with two attached hydrogens (primary N) is 1. The molecule has 110 valence electrons. The number of hydrogen-bond donors (Lipinski definition) is 2. The lowest BCUT2D eigenvalue weighted by atomic mass is 9.79. The van der Waals surface area contributed by atoms with Crippen molar-refractivity contribution in [2.75, 3.05) is 5.32 Å². The second-order valence-corrected chi connectivity index (χ2v) is 6.48. The summed E-state index contributed by atoms with van der Waals surface area (Å²) in [5, 5.41) is 3.93. The van der Waals surface area contributed by atoms with Crippen molar-refractivity contribution in [3.63, 3.8) is 0 Å². The zero-order valence-electron chi connectivity index (χ0n) is 12.2. The number of amides is 1. The lowest BCUT2D eigenvalue weighted by Crippen LogP contribution is -2.29. The maximum absolute atomic E-state index is 11.3. The monoisotopic (exact) mass is 294 g/mol. The Balaban J connectivity index is 2.06. The molecule has 0 aromatic heterocycles. The number of halogens is 1. The van der Waals surface area contributed by atoms with Crippen molar-refractivity contribution in [1.29, 1.82) is 0 Å². The molecule has 2 unspecified atom stereocenters. The van der Waals surface area contributed by atoms with Crippen molar-refractivity contribution >= 4 is 23.2 Å². The van der Waals surface area contributed by atoms with Gasteiger partial charge in [0, 0.05) is 11.7 Å². The highest BCUT2D eigenvalue weighted by atomic mass is 35.5. The fourth-order valence-electron chi connectivity index (χ4n) is 3.00. The van der Waals surface area contributed by atoms with Crippen LogP contribution in [0.2, 0.25) is 5.02 Å². The van der Waals surface area contributed by atoms with E-state index in [-0.39, 0.29) is 0 Å². The minimum Gasteiger partial charge on any atom is -0.382 e. The van der Waals surface area contributed by atoms with Gasteiger partial charge >= 0.3 is 0 Å². The number of primary amides is 1. The van der Waals surface area contributed by atoms with Gasteiger partial charge in [-0.25, -0.2) is 0 Å². The lowest BCUT2D eigenvalue weighted by Gasteiger charge is -2.32. The summed E-state index contributed by atoms with van der Waals surface area (Å²) >= 11 is 5.97. The summed E-state index contributed by atoms with van der Waals surface area (Å²) in [6.07, 6.45) is 4.95. The van der Waals surface area contributed by atoms with Gasteiger partial charge in [0.15, 0.2) is 0 Å². The molecule has 3 N–H and O–H groups in total. The molecule has 0 spiro atoms. The Labute approximate surface area is 125 Å². The maximum atomic E-state index is 11.3. The molecule has 0 bridgehead atoms. The number of carbonyl (C=O) groups excluding carboxylic acids is 1. The molecule has 2 rings (SSSR count). The first kappa shape index (κ1) is 15.2. The van der Waals surface area contributed by atoms with Gasteiger partial charge in [0.2, 0.25) is 5.91 Å². The largest absolute Gasteiger partial charge is 0.382 e. The normalized spacial score (nSPS) is 22.8. The summed E-state index contributed by atoms with van der Waals surface area (Å²) in [4.78, 5) is 11.3. The zero-order valence-corrected chi connectivity index (χ0v) is 12.9. The Kier molecular flexibility index (Phi) is 4.92. The van der Waals surface area contributed by atoms with Gasteiger partial charge in [0.1, 0.15) is 0 Å². The van der Waals surface area contributed by atoms with Crippen LogP contribution in [-0.4, -0.2) is 11.9 Å². The fourth-order valence-corrected chi connectivity index (χ4v) is 3.21. The van der Waals surface area contributed by atoms with Crippen LogP contribution in [-0.2, 0) is 0 Å². The number of anilines is 1. The smallest absolute Gasteiger partial charge is 0.250 e. The van der Waals surface area contributed by atoms with Gasteiger partial charge in [-0.3, -0.25) is 4.79 Å². The van der Waals surface area contributed by atoms with Gasteiger partial charge in [0.25, 0.3) is 0 Å². The van der Waals surface area contributed by atoms with Crippen LogP contribution in [0.25, 0.3) is 0 Å². The topological polar surface area (TPSA) is 55.1 Å². The van der Waals surface area contributed by atoms with Gasteiger partial charge in [0.05, 0.1) is 10.6 Å². The summed E-state index contributed by atoms with van der Waals surface area (Å²) in [6, 6.07) is 5.86. The van der Waals surface area contributed by atoms with E-state index in [1.807, 2.05) is 6.07 Å². The van der Waals surface area contributed by atoms with Gasteiger partial charge < -0.3 is 11.1 Å². The molecule has 1 saturated carbocycles. The number of nitrogens with one attached hydrogen (secondary N) is 1. The van der Waals surface area contributed by atoms with Crippen molar-refractivity contribution in [1.82, 2.24) is 0 Å². The van der Waals surface area contributed by atoms with Crippen LogP contribution in [0, 0.1) is 11.8 Å². The molecule has 1 amide bonds. The highest BCUT2D eigenvalue weighted by molar-refractivity contribution is 6.33. The van der Waals surface area contributed by atoms with Gasteiger partial charge in [-0.1, -0.05) is 38.3 Å². The third-order valence-corrected chi connectivity index (χ3v) is 4.59. The minimum atomic E-state index is -0.484. The summed E-state index contributed by atoms with van der Waals surface area (Å²) < 4.78 is 0. The van der Waals surface area contributed by atoms with E-state index < -0.39 is 5.91 Å². The number of hydrogen-bond acceptors (Lipinski definition) is 2. The van der Waals surface area contributed by atoms with Crippen LogP contribution < -0.4 is 11.1 Å². The quantitative estimate of drug-likeness (QED) is 0.879. The first-order valence-electron chi connectivity index (χ1n) is 7.33. The lowest BCUT2D eigenvalue weighted by molar-refractivity contribution is 0.100. The molecular weight excluding hydrogens is 272 g/mol. The Morgan fingerprint density at radius 2 is 2.15 bits per heavy atom. The van der Waals surface area contributed by atoms with Crippen molar-refractivity contribution in [2.24, 2.45) is 17.6 Å². The van der Waals surface area contributed by atoms with Gasteiger partial charge in [-0.15, -0.1) is 0 Å². The molecule has 0 aliphatic heterocycles. The van der Waals surface area contributed by atoms with Gasteiger partial charge in [-0.2, -0.15) is 0 Å². The van der Waals surface area contributed by atoms with Crippen LogP contribution in [0.4, 0.5) is 5.69 Å². The predicted octanol–water partition coefficient (Wildman–Crippen LogP) is 4.07. The molecule has 1 aromatic carbocycles. The molecule has 1 aromatic rings. The minimum absolute atomic E-state index is 0.382. The number of rotatable bonds is 4. The summed E-state index contributed by atoms with van der Waals surface area (Å²) in [6.45, 7) is 4.58. The van der Waals surface area contributed by atoms with Crippen molar-refractivity contribution in [3.05, 3.63) is 28.8 Å². The highest BCUT2D eigenvalue weighted by Crippen LogP contribution is 2.32. The summed E-state index contributed by atoms with van der Waals surface area (Å²) in [5.74, 6) is 1.03. The first-order chi connectivity index (χ1) is 9.47. The molecule has 1 fully saturated rings. The second kappa shape index (κ2) is 6.49. The van der Waals surface area contributed by atoms with E-state index in [1.165, 1.54) is 25.7 Å². The molecule has 20 heavy (non-hydrogen) atoms. The number of carbonyl (C=O) groups is 1. The van der Waals surface area contributed by atoms with Crippen LogP contribution >= 0.6 is 11.6 Å². The fraction of sp³-hybridized carbons (Fsp3) is 0.562. The average Bonchev–Trinajstić information content (AvgIpc) is 2.41. The Morgan fingerprint density at radius 1 is 1.40 bits per heavy atom. The van der Waals surface area contributed by atoms with Crippen molar-refractivity contribution < 1.29 is 4.79 Å². The predicted molar refractivity (Wildman–Crippen MR) is 84.2 cm³/mol. The highest BCUT2D eigenvalue weighted by Gasteiger charge is 2.24. The number of benzene rings is 1. The van der Waals surface area contributed by atoms with Crippen LogP contribution in [0.3, 0.4) is 0 Å². The molecule has 2 atom stereocenters.